The van der Waals surface area contributed by atoms with Crippen molar-refractivity contribution in [3.63, 3.8) is 0 Å². The number of benzene rings is 2. The van der Waals surface area contributed by atoms with Gasteiger partial charge >= 0.3 is 6.18 Å². The molecule has 26 heavy (non-hydrogen) atoms. The van der Waals surface area contributed by atoms with E-state index in [4.69, 9.17) is 4.74 Å². The molecule has 0 aliphatic rings. The third-order valence-electron chi connectivity index (χ3n) is 4.46. The van der Waals surface area contributed by atoms with E-state index in [2.05, 4.69) is 4.98 Å². The summed E-state index contributed by atoms with van der Waals surface area (Å²) < 4.78 is 48.4. The van der Waals surface area contributed by atoms with E-state index in [9.17, 15) is 23.3 Å². The van der Waals surface area contributed by atoms with E-state index in [0.29, 0.717) is 5.52 Å². The Labute approximate surface area is 146 Å². The molecular formula is C18H15F3N2O3. The molecule has 3 aromatic rings. The van der Waals surface area contributed by atoms with E-state index in [-0.39, 0.29) is 22.3 Å². The van der Waals surface area contributed by atoms with Crippen LogP contribution in [0.5, 0.6) is 5.75 Å². The Hall–Kier alpha value is -3.03. The Morgan fingerprint density at radius 2 is 1.81 bits per heavy atom. The molecule has 0 bridgehead atoms. The zero-order chi connectivity index (χ0) is 18.9. The van der Waals surface area contributed by atoms with Crippen molar-refractivity contribution in [2.75, 3.05) is 13.7 Å². The predicted octanol–water partition coefficient (Wildman–Crippen LogP) is 4.30. The van der Waals surface area contributed by atoms with Crippen LogP contribution in [0.25, 0.3) is 10.9 Å². The summed E-state index contributed by atoms with van der Waals surface area (Å²) >= 11 is 0. The molecule has 1 heterocycles. The molecule has 1 N–H and O–H groups in total. The lowest BCUT2D eigenvalue weighted by molar-refractivity contribution is -0.498. The average Bonchev–Trinajstić information content (AvgIpc) is 3.03. The van der Waals surface area contributed by atoms with E-state index in [1.807, 2.05) is 0 Å². The van der Waals surface area contributed by atoms with Crippen molar-refractivity contribution >= 4 is 10.9 Å². The largest absolute Gasteiger partial charge is 0.496 e. The van der Waals surface area contributed by atoms with Crippen molar-refractivity contribution in [3.05, 3.63) is 76.0 Å². The fraction of sp³-hybridized carbons (Fsp3) is 0.222. The minimum absolute atomic E-state index is 0.179. The number of rotatable bonds is 5. The summed E-state index contributed by atoms with van der Waals surface area (Å²) in [7, 11) is 1.34. The van der Waals surface area contributed by atoms with Gasteiger partial charge in [0.1, 0.15) is 5.75 Å². The molecule has 8 heteroatoms. The maximum absolute atomic E-state index is 14.4. The van der Waals surface area contributed by atoms with Gasteiger partial charge < -0.3 is 9.72 Å². The first kappa shape index (κ1) is 17.8. The minimum atomic E-state index is -4.91. The van der Waals surface area contributed by atoms with Gasteiger partial charge in [0.15, 0.2) is 5.41 Å². The molecule has 5 nitrogen and oxygen atoms in total. The molecule has 0 fully saturated rings. The van der Waals surface area contributed by atoms with Gasteiger partial charge in [-0.1, -0.05) is 36.4 Å². The fourth-order valence-electron chi connectivity index (χ4n) is 3.31. The van der Waals surface area contributed by atoms with Crippen molar-refractivity contribution in [1.29, 1.82) is 0 Å². The van der Waals surface area contributed by atoms with Crippen molar-refractivity contribution < 1.29 is 22.8 Å². The van der Waals surface area contributed by atoms with Crippen molar-refractivity contribution in [2.24, 2.45) is 0 Å². The average molecular weight is 364 g/mol. The molecule has 0 aliphatic heterocycles. The Balaban J connectivity index is 2.44. The highest BCUT2D eigenvalue weighted by atomic mass is 19.4. The molecule has 0 unspecified atom stereocenters. The Morgan fingerprint density at radius 1 is 1.12 bits per heavy atom. The fourth-order valence-corrected chi connectivity index (χ4v) is 3.31. The van der Waals surface area contributed by atoms with Crippen molar-refractivity contribution in [2.45, 2.75) is 11.6 Å². The van der Waals surface area contributed by atoms with Gasteiger partial charge in [0.05, 0.1) is 7.11 Å². The number of fused-ring (bicyclic) bond motifs is 1. The second-order valence-corrected chi connectivity index (χ2v) is 5.85. The van der Waals surface area contributed by atoms with Crippen molar-refractivity contribution in [3.8, 4) is 5.75 Å². The molecule has 0 radical (unpaired) electrons. The summed E-state index contributed by atoms with van der Waals surface area (Å²) in [4.78, 5) is 13.1. The van der Waals surface area contributed by atoms with Gasteiger partial charge in [0.25, 0.3) is 0 Å². The van der Waals surface area contributed by atoms with Crippen LogP contribution in [0.3, 0.4) is 0 Å². The van der Waals surface area contributed by atoms with E-state index in [0.717, 1.165) is 0 Å². The van der Waals surface area contributed by atoms with Gasteiger partial charge in [-0.2, -0.15) is 13.2 Å². The van der Waals surface area contributed by atoms with Crippen LogP contribution in [0.4, 0.5) is 13.2 Å². The summed E-state index contributed by atoms with van der Waals surface area (Å²) in [6.07, 6.45) is -3.73. The lowest BCUT2D eigenvalue weighted by Gasteiger charge is -2.33. The third kappa shape index (κ3) is 2.67. The maximum Gasteiger partial charge on any atom is 0.408 e. The van der Waals surface area contributed by atoms with Crippen LogP contribution in [-0.4, -0.2) is 29.7 Å². The minimum Gasteiger partial charge on any atom is -0.496 e. The summed E-state index contributed by atoms with van der Waals surface area (Å²) in [6.45, 7) is -1.33. The standard InChI is InChI=1S/C18H15F3N2O3/c1-26-15-9-5-8-14-16(15)13(10-22-14)17(11-23(24)25,18(19,20)21)12-6-3-2-4-7-12/h2-10,22H,11H2,1H3/t17-/m0/s1. The second-order valence-electron chi connectivity index (χ2n) is 5.85. The number of nitro groups is 1. The van der Waals surface area contributed by atoms with Gasteiger partial charge in [-0.25, -0.2) is 0 Å². The summed E-state index contributed by atoms with van der Waals surface area (Å²) in [5.74, 6) is 0.214. The van der Waals surface area contributed by atoms with Crippen molar-refractivity contribution in [1.82, 2.24) is 4.98 Å². The molecule has 0 saturated heterocycles. The Kier molecular flexibility index (Phi) is 4.35. The highest BCUT2D eigenvalue weighted by Gasteiger charge is 2.62. The lowest BCUT2D eigenvalue weighted by atomic mass is 9.73. The molecule has 3 rings (SSSR count). The van der Waals surface area contributed by atoms with Gasteiger partial charge in [0.2, 0.25) is 6.54 Å². The van der Waals surface area contributed by atoms with Gasteiger partial charge in [-0.3, -0.25) is 10.1 Å². The van der Waals surface area contributed by atoms with Gasteiger partial charge in [-0.05, 0) is 17.7 Å². The monoisotopic (exact) mass is 364 g/mol. The molecular weight excluding hydrogens is 349 g/mol. The van der Waals surface area contributed by atoms with E-state index in [1.54, 1.807) is 18.2 Å². The third-order valence-corrected chi connectivity index (χ3v) is 4.46. The smallest absolute Gasteiger partial charge is 0.408 e. The number of halogens is 3. The van der Waals surface area contributed by atoms with Gasteiger partial charge in [0, 0.05) is 27.6 Å². The quantitative estimate of drug-likeness (QED) is 0.542. The van der Waals surface area contributed by atoms with E-state index < -0.39 is 23.1 Å². The molecule has 0 amide bonds. The highest BCUT2D eigenvalue weighted by Crippen LogP contribution is 2.50. The van der Waals surface area contributed by atoms with Crippen LogP contribution < -0.4 is 4.74 Å². The number of aromatic nitrogens is 1. The zero-order valence-electron chi connectivity index (χ0n) is 13.7. The molecule has 2 aromatic carbocycles. The molecule has 136 valence electrons. The number of nitrogens with zero attached hydrogens (tertiary/aromatic N) is 1. The topological polar surface area (TPSA) is 68.2 Å². The number of H-pyrrole nitrogens is 1. The Morgan fingerprint density at radius 3 is 2.38 bits per heavy atom. The summed E-state index contributed by atoms with van der Waals surface area (Å²) in [5, 5.41) is 11.5. The van der Waals surface area contributed by atoms with Gasteiger partial charge in [-0.15, -0.1) is 0 Å². The summed E-state index contributed by atoms with van der Waals surface area (Å²) in [6, 6.07) is 11.7. The van der Waals surface area contributed by atoms with Crippen LogP contribution in [0.2, 0.25) is 0 Å². The highest BCUT2D eigenvalue weighted by molar-refractivity contribution is 5.91. The molecule has 0 saturated carbocycles. The number of hydrogen-bond acceptors (Lipinski definition) is 3. The van der Waals surface area contributed by atoms with Crippen LogP contribution in [-0.2, 0) is 5.41 Å². The number of alkyl halides is 3. The number of methoxy groups -OCH3 is 1. The number of ether oxygens (including phenoxy) is 1. The number of nitrogens with one attached hydrogen (secondary N) is 1. The second kappa shape index (κ2) is 6.36. The van der Waals surface area contributed by atoms with Crippen LogP contribution >= 0.6 is 0 Å². The Bertz CT molecular complexity index is 938. The molecule has 0 spiro atoms. The van der Waals surface area contributed by atoms with Crippen LogP contribution in [0, 0.1) is 10.1 Å². The molecule has 0 aliphatic carbocycles. The predicted molar refractivity (Wildman–Crippen MR) is 90.0 cm³/mol. The van der Waals surface area contributed by atoms with Crippen LogP contribution in [0.15, 0.2) is 54.7 Å². The van der Waals surface area contributed by atoms with E-state index >= 15 is 0 Å². The maximum atomic E-state index is 14.4. The first-order chi connectivity index (χ1) is 12.3. The molecule has 1 atom stereocenters. The molecule has 1 aromatic heterocycles. The first-order valence-corrected chi connectivity index (χ1v) is 7.70. The zero-order valence-corrected chi connectivity index (χ0v) is 13.7. The lowest BCUT2D eigenvalue weighted by Crippen LogP contribution is -2.48. The SMILES string of the molecule is COc1cccc2[nH]cc([C@](C[N+](=O)[O-])(c3ccccc3)C(F)(F)F)c12. The van der Waals surface area contributed by atoms with Crippen LogP contribution in [0.1, 0.15) is 11.1 Å². The first-order valence-electron chi connectivity index (χ1n) is 7.70. The summed E-state index contributed by atoms with van der Waals surface area (Å²) in [5.41, 5.74) is -2.84. The number of hydrogen-bond donors (Lipinski definition) is 1. The van der Waals surface area contributed by atoms with E-state index in [1.165, 1.54) is 43.6 Å². The number of aromatic amines is 1. The normalized spacial score (nSPS) is 14.2.